The number of likely N-dealkylation sites (tertiary alicyclic amines) is 1. The molecule has 3 amide bonds. The highest BCUT2D eigenvalue weighted by atomic mass is 79.9. The van der Waals surface area contributed by atoms with E-state index in [2.05, 4.69) is 15.9 Å². The van der Waals surface area contributed by atoms with E-state index in [1.165, 1.54) is 6.08 Å². The molecule has 3 aromatic carbocycles. The summed E-state index contributed by atoms with van der Waals surface area (Å²) in [7, 11) is 0. The zero-order valence-corrected chi connectivity index (χ0v) is 21.5. The normalized spacial score (nSPS) is 16.9. The maximum Gasteiger partial charge on any atom is 0.344 e. The summed E-state index contributed by atoms with van der Waals surface area (Å²) in [5, 5.41) is 1.19. The van der Waals surface area contributed by atoms with E-state index in [1.807, 2.05) is 30.3 Å². The lowest BCUT2D eigenvalue weighted by Crippen LogP contribution is -2.40. The molecule has 3 aromatic rings. The van der Waals surface area contributed by atoms with Gasteiger partial charge in [-0.15, -0.1) is 0 Å². The third-order valence-corrected chi connectivity index (χ3v) is 7.50. The van der Waals surface area contributed by atoms with Crippen LogP contribution in [0.25, 0.3) is 16.8 Å². The summed E-state index contributed by atoms with van der Waals surface area (Å²) >= 11 is 4.17. The number of esters is 1. The second kappa shape index (κ2) is 10.3. The number of nitrogens with zero attached hydrogens (tertiary/aromatic N) is 2. The second-order valence-electron chi connectivity index (χ2n) is 8.45. The predicted octanol–water partition coefficient (Wildman–Crippen LogP) is 5.48. The molecule has 0 aromatic heterocycles. The molecule has 0 spiro atoms. The highest BCUT2D eigenvalue weighted by Crippen LogP contribution is 2.35. The van der Waals surface area contributed by atoms with Crippen LogP contribution in [-0.2, 0) is 9.59 Å². The minimum absolute atomic E-state index is 0.162. The average molecular weight is 565 g/mol. The molecule has 0 aliphatic carbocycles. The Kier molecular flexibility index (Phi) is 6.93. The van der Waals surface area contributed by atoms with Crippen molar-refractivity contribution in [1.82, 2.24) is 9.80 Å². The molecule has 2 aliphatic heterocycles. The van der Waals surface area contributed by atoms with Gasteiger partial charge in [0.25, 0.3) is 11.1 Å². The molecule has 182 valence electrons. The number of fused-ring (bicyclic) bond motifs is 1. The van der Waals surface area contributed by atoms with Gasteiger partial charge >= 0.3 is 5.97 Å². The number of carbonyl (C=O) groups is 4. The van der Waals surface area contributed by atoms with Gasteiger partial charge in [0, 0.05) is 23.1 Å². The summed E-state index contributed by atoms with van der Waals surface area (Å²) in [6, 6.07) is 18.0. The van der Waals surface area contributed by atoms with Gasteiger partial charge in [0.05, 0.1) is 10.5 Å². The van der Waals surface area contributed by atoms with E-state index in [9.17, 15) is 19.2 Å². The monoisotopic (exact) mass is 564 g/mol. The van der Waals surface area contributed by atoms with Crippen molar-refractivity contribution < 1.29 is 23.9 Å². The first kappa shape index (κ1) is 24.3. The second-order valence-corrected chi connectivity index (χ2v) is 10.4. The summed E-state index contributed by atoms with van der Waals surface area (Å²) in [5.74, 6) is -1.06. The third-order valence-electron chi connectivity index (χ3n) is 6.10. The smallest absolute Gasteiger partial charge is 0.344 e. The van der Waals surface area contributed by atoms with E-state index < -0.39 is 17.1 Å². The van der Waals surface area contributed by atoms with Crippen LogP contribution in [0.3, 0.4) is 0 Å². The number of halogens is 1. The van der Waals surface area contributed by atoms with E-state index in [0.29, 0.717) is 28.7 Å². The van der Waals surface area contributed by atoms with Gasteiger partial charge in [-0.25, -0.2) is 4.79 Å². The third kappa shape index (κ3) is 4.94. The van der Waals surface area contributed by atoms with Crippen molar-refractivity contribution in [3.05, 3.63) is 81.2 Å². The molecule has 2 saturated heterocycles. The van der Waals surface area contributed by atoms with Gasteiger partial charge < -0.3 is 9.64 Å². The summed E-state index contributed by atoms with van der Waals surface area (Å²) in [4.78, 5) is 53.9. The molecule has 9 heteroatoms. The zero-order valence-electron chi connectivity index (χ0n) is 19.1. The number of imide groups is 1. The summed E-state index contributed by atoms with van der Waals surface area (Å²) in [5.41, 5.74) is 0.872. The number of amides is 3. The molecule has 0 radical (unpaired) electrons. The number of thioether (sulfide) groups is 1. The zero-order chi connectivity index (χ0) is 25.2. The van der Waals surface area contributed by atoms with Crippen LogP contribution in [0.15, 0.2) is 70.0 Å². The number of carbonyl (C=O) groups excluding carboxylic acids is 4. The van der Waals surface area contributed by atoms with Crippen molar-refractivity contribution in [1.29, 1.82) is 0 Å². The Morgan fingerprint density at radius 1 is 1.00 bits per heavy atom. The first-order valence-electron chi connectivity index (χ1n) is 11.4. The fourth-order valence-corrected chi connectivity index (χ4v) is 5.47. The van der Waals surface area contributed by atoms with E-state index in [-0.39, 0.29) is 23.1 Å². The molecule has 2 heterocycles. The van der Waals surface area contributed by atoms with Crippen molar-refractivity contribution in [2.24, 2.45) is 0 Å². The van der Waals surface area contributed by atoms with Crippen molar-refractivity contribution >= 4 is 67.6 Å². The van der Waals surface area contributed by atoms with Crippen LogP contribution in [0.2, 0.25) is 0 Å². The summed E-state index contributed by atoms with van der Waals surface area (Å²) < 4.78 is 6.45. The molecule has 0 atom stereocenters. The minimum Gasteiger partial charge on any atom is -0.422 e. The fraction of sp³-hybridized carbons (Fsp3) is 0.185. The van der Waals surface area contributed by atoms with Crippen LogP contribution in [0, 0.1) is 0 Å². The van der Waals surface area contributed by atoms with Gasteiger partial charge in [-0.3, -0.25) is 19.3 Å². The Labute approximate surface area is 220 Å². The van der Waals surface area contributed by atoms with E-state index in [0.717, 1.165) is 40.3 Å². The Balaban J connectivity index is 1.39. The first-order valence-corrected chi connectivity index (χ1v) is 13.0. The van der Waals surface area contributed by atoms with E-state index in [1.54, 1.807) is 35.2 Å². The molecular formula is C27H21BrN2O5S. The Morgan fingerprint density at radius 3 is 2.56 bits per heavy atom. The largest absolute Gasteiger partial charge is 0.422 e. The number of benzene rings is 3. The number of hydrogen-bond donors (Lipinski definition) is 0. The molecule has 0 unspecified atom stereocenters. The van der Waals surface area contributed by atoms with Gasteiger partial charge in [-0.05, 0) is 65.7 Å². The molecule has 2 aliphatic rings. The topological polar surface area (TPSA) is 84.0 Å². The molecule has 0 bridgehead atoms. The molecular weight excluding hydrogens is 544 g/mol. The lowest BCUT2D eigenvalue weighted by atomic mass is 10.0. The highest BCUT2D eigenvalue weighted by Gasteiger charge is 2.37. The van der Waals surface area contributed by atoms with Crippen LogP contribution in [0.5, 0.6) is 5.75 Å². The van der Waals surface area contributed by atoms with Crippen molar-refractivity contribution in [2.75, 3.05) is 19.6 Å². The predicted molar refractivity (Wildman–Crippen MR) is 142 cm³/mol. The average Bonchev–Trinajstić information content (AvgIpc) is 3.50. The lowest BCUT2D eigenvalue weighted by molar-refractivity contribution is -0.135. The number of hydrogen-bond acceptors (Lipinski definition) is 6. The highest BCUT2D eigenvalue weighted by molar-refractivity contribution is 9.10. The van der Waals surface area contributed by atoms with Crippen LogP contribution < -0.4 is 4.74 Å². The van der Waals surface area contributed by atoms with Gasteiger partial charge in [0.1, 0.15) is 12.3 Å². The molecule has 7 nitrogen and oxygen atoms in total. The summed E-state index contributed by atoms with van der Waals surface area (Å²) in [6.45, 7) is 1.02. The Bertz CT molecular complexity index is 1430. The van der Waals surface area contributed by atoms with Crippen molar-refractivity contribution in [3.8, 4) is 5.75 Å². The van der Waals surface area contributed by atoms with Gasteiger partial charge in [-0.2, -0.15) is 0 Å². The van der Waals surface area contributed by atoms with Gasteiger partial charge in [0.15, 0.2) is 0 Å². The molecule has 5 rings (SSSR count). The fourth-order valence-electron chi connectivity index (χ4n) is 4.26. The molecule has 2 fully saturated rings. The van der Waals surface area contributed by atoms with E-state index in [4.69, 9.17) is 4.74 Å². The van der Waals surface area contributed by atoms with Crippen molar-refractivity contribution in [3.63, 3.8) is 0 Å². The summed E-state index contributed by atoms with van der Waals surface area (Å²) in [6.07, 6.45) is 3.37. The SMILES string of the molecule is O=C(Oc1ccc(Br)cc1/C=C1\SC(=O)N(CC(=O)N2CCCC2)C1=O)c1cccc2ccccc12. The standard InChI is InChI=1S/C27H21BrN2O5S/c28-19-10-11-22(35-26(33)21-9-5-7-17-6-1-2-8-20(17)21)18(14-19)15-23-25(32)30(27(34)36-23)16-24(31)29-12-3-4-13-29/h1-2,5-11,14-15H,3-4,12-13,16H2/b23-15-. The van der Waals surface area contributed by atoms with Crippen LogP contribution in [-0.4, -0.2) is 52.5 Å². The van der Waals surface area contributed by atoms with Gasteiger partial charge in [-0.1, -0.05) is 52.3 Å². The maximum absolute atomic E-state index is 13.1. The Hall–Kier alpha value is -3.43. The molecule has 36 heavy (non-hydrogen) atoms. The van der Waals surface area contributed by atoms with Crippen molar-refractivity contribution in [2.45, 2.75) is 12.8 Å². The molecule has 0 saturated carbocycles. The number of ether oxygens (including phenoxy) is 1. The maximum atomic E-state index is 13.1. The van der Waals surface area contributed by atoms with Crippen LogP contribution in [0.4, 0.5) is 4.79 Å². The first-order chi connectivity index (χ1) is 17.4. The van der Waals surface area contributed by atoms with Gasteiger partial charge in [0.2, 0.25) is 5.91 Å². The molecule has 0 N–H and O–H groups in total. The van der Waals surface area contributed by atoms with Crippen LogP contribution >= 0.6 is 27.7 Å². The quantitative estimate of drug-likeness (QED) is 0.232. The Morgan fingerprint density at radius 2 is 1.75 bits per heavy atom. The number of rotatable bonds is 5. The van der Waals surface area contributed by atoms with E-state index >= 15 is 0 Å². The lowest BCUT2D eigenvalue weighted by Gasteiger charge is -2.18. The minimum atomic E-state index is -0.538. The van der Waals surface area contributed by atoms with Crippen LogP contribution in [0.1, 0.15) is 28.8 Å².